The predicted octanol–water partition coefficient (Wildman–Crippen LogP) is 2.48. The SMILES string of the molecule is C=C1c2ccccc2C(=O)N1CC(=O)N1CCN(Cc2ccc(OC)c(OC)c2OC)CC1. The van der Waals surface area contributed by atoms with Crippen LogP contribution in [-0.2, 0) is 11.3 Å². The summed E-state index contributed by atoms with van der Waals surface area (Å²) in [6.07, 6.45) is 0. The largest absolute Gasteiger partial charge is 0.493 e. The van der Waals surface area contributed by atoms with Gasteiger partial charge in [-0.15, -0.1) is 0 Å². The number of carbonyl (C=O) groups excluding carboxylic acids is 2. The molecule has 2 aliphatic heterocycles. The van der Waals surface area contributed by atoms with Crippen LogP contribution in [0.5, 0.6) is 17.2 Å². The van der Waals surface area contributed by atoms with Gasteiger partial charge in [0.15, 0.2) is 11.5 Å². The Balaban J connectivity index is 1.36. The molecule has 2 aliphatic rings. The first kappa shape index (κ1) is 22.7. The molecule has 2 aromatic rings. The number of benzene rings is 2. The maximum absolute atomic E-state index is 12.9. The Bertz CT molecular complexity index is 1040. The topological polar surface area (TPSA) is 71.6 Å². The van der Waals surface area contributed by atoms with Gasteiger partial charge >= 0.3 is 0 Å². The fourth-order valence-corrected chi connectivity index (χ4v) is 4.42. The van der Waals surface area contributed by atoms with E-state index in [1.165, 1.54) is 4.90 Å². The normalized spacial score (nSPS) is 16.1. The van der Waals surface area contributed by atoms with Crippen LogP contribution in [0.15, 0.2) is 43.0 Å². The van der Waals surface area contributed by atoms with Gasteiger partial charge in [-0.3, -0.25) is 19.4 Å². The number of fused-ring (bicyclic) bond motifs is 1. The number of carbonyl (C=O) groups is 2. The molecular weight excluding hydrogens is 422 g/mol. The number of hydrogen-bond donors (Lipinski definition) is 0. The third-order valence-electron chi connectivity index (χ3n) is 6.24. The molecule has 1 saturated heterocycles. The van der Waals surface area contributed by atoms with Crippen molar-refractivity contribution in [1.29, 1.82) is 0 Å². The zero-order valence-corrected chi connectivity index (χ0v) is 19.3. The monoisotopic (exact) mass is 451 g/mol. The minimum absolute atomic E-state index is 0.00977. The summed E-state index contributed by atoms with van der Waals surface area (Å²) in [7, 11) is 4.80. The van der Waals surface area contributed by atoms with Gasteiger partial charge in [0.25, 0.3) is 5.91 Å². The van der Waals surface area contributed by atoms with Crippen LogP contribution >= 0.6 is 0 Å². The van der Waals surface area contributed by atoms with Crippen molar-refractivity contribution in [2.24, 2.45) is 0 Å². The molecule has 0 bridgehead atoms. The van der Waals surface area contributed by atoms with Gasteiger partial charge in [0, 0.05) is 55.1 Å². The van der Waals surface area contributed by atoms with Crippen LogP contribution in [0, 0.1) is 0 Å². The standard InChI is InChI=1S/C25H29N3O5/c1-17-19-7-5-6-8-20(19)25(30)28(17)16-22(29)27-13-11-26(12-14-27)15-18-9-10-21(31-2)24(33-4)23(18)32-3/h5-10H,1,11-16H2,2-4H3. The maximum Gasteiger partial charge on any atom is 0.259 e. The number of amides is 2. The van der Waals surface area contributed by atoms with Crippen LogP contribution in [0.2, 0.25) is 0 Å². The highest BCUT2D eigenvalue weighted by molar-refractivity contribution is 6.10. The number of nitrogens with zero attached hydrogens (tertiary/aromatic N) is 3. The molecule has 0 unspecified atom stereocenters. The number of piperazine rings is 1. The predicted molar refractivity (Wildman–Crippen MR) is 124 cm³/mol. The van der Waals surface area contributed by atoms with Gasteiger partial charge in [-0.1, -0.05) is 30.8 Å². The van der Waals surface area contributed by atoms with E-state index in [1.54, 1.807) is 27.4 Å². The molecule has 0 radical (unpaired) electrons. The molecule has 2 amide bonds. The summed E-state index contributed by atoms with van der Waals surface area (Å²) in [5.41, 5.74) is 2.97. The lowest BCUT2D eigenvalue weighted by Crippen LogP contribution is -2.50. The minimum atomic E-state index is -0.164. The quantitative estimate of drug-likeness (QED) is 0.644. The molecule has 0 N–H and O–H groups in total. The van der Waals surface area contributed by atoms with Gasteiger partial charge in [0.2, 0.25) is 11.7 Å². The second-order valence-corrected chi connectivity index (χ2v) is 8.03. The Kier molecular flexibility index (Phi) is 6.55. The van der Waals surface area contributed by atoms with E-state index in [1.807, 2.05) is 35.2 Å². The molecule has 2 heterocycles. The fraction of sp³-hybridized carbons (Fsp3) is 0.360. The van der Waals surface area contributed by atoms with Crippen LogP contribution < -0.4 is 14.2 Å². The fourth-order valence-electron chi connectivity index (χ4n) is 4.42. The summed E-state index contributed by atoms with van der Waals surface area (Å²) in [4.78, 5) is 31.2. The lowest BCUT2D eigenvalue weighted by Gasteiger charge is -2.35. The molecule has 174 valence electrons. The molecule has 33 heavy (non-hydrogen) atoms. The minimum Gasteiger partial charge on any atom is -0.493 e. The van der Waals surface area contributed by atoms with E-state index in [9.17, 15) is 9.59 Å². The molecule has 8 nitrogen and oxygen atoms in total. The summed E-state index contributed by atoms with van der Waals surface area (Å²) < 4.78 is 16.4. The van der Waals surface area contributed by atoms with Gasteiger partial charge in [-0.2, -0.15) is 0 Å². The molecular formula is C25H29N3O5. The van der Waals surface area contributed by atoms with Crippen molar-refractivity contribution < 1.29 is 23.8 Å². The van der Waals surface area contributed by atoms with Gasteiger partial charge in [0.1, 0.15) is 6.54 Å². The number of hydrogen-bond acceptors (Lipinski definition) is 6. The van der Waals surface area contributed by atoms with E-state index >= 15 is 0 Å². The molecule has 0 aromatic heterocycles. The summed E-state index contributed by atoms with van der Waals surface area (Å²) in [5.74, 6) is 1.61. The van der Waals surface area contributed by atoms with E-state index in [4.69, 9.17) is 14.2 Å². The molecule has 2 aromatic carbocycles. The maximum atomic E-state index is 12.9. The Labute approximate surface area is 193 Å². The number of ether oxygens (including phenoxy) is 3. The molecule has 8 heteroatoms. The van der Waals surface area contributed by atoms with Crippen molar-refractivity contribution in [3.63, 3.8) is 0 Å². The Morgan fingerprint density at radius 1 is 0.909 bits per heavy atom. The summed E-state index contributed by atoms with van der Waals surface area (Å²) in [6.45, 7) is 7.33. The molecule has 0 saturated carbocycles. The summed E-state index contributed by atoms with van der Waals surface area (Å²) in [6, 6.07) is 11.2. The van der Waals surface area contributed by atoms with E-state index in [0.29, 0.717) is 48.1 Å². The van der Waals surface area contributed by atoms with Gasteiger partial charge < -0.3 is 19.1 Å². The van der Waals surface area contributed by atoms with Crippen LogP contribution in [-0.4, -0.2) is 80.6 Å². The van der Waals surface area contributed by atoms with Gasteiger partial charge in [-0.25, -0.2) is 0 Å². The molecule has 0 spiro atoms. The molecule has 4 rings (SSSR count). The van der Waals surface area contributed by atoms with Crippen molar-refractivity contribution in [2.45, 2.75) is 6.54 Å². The van der Waals surface area contributed by atoms with E-state index in [-0.39, 0.29) is 18.4 Å². The third-order valence-corrected chi connectivity index (χ3v) is 6.24. The Hall–Kier alpha value is -3.52. The van der Waals surface area contributed by atoms with E-state index in [0.717, 1.165) is 24.2 Å². The van der Waals surface area contributed by atoms with Crippen LogP contribution in [0.25, 0.3) is 5.70 Å². The van der Waals surface area contributed by atoms with Crippen LogP contribution in [0.3, 0.4) is 0 Å². The second kappa shape index (κ2) is 9.54. The van der Waals surface area contributed by atoms with Crippen LogP contribution in [0.4, 0.5) is 0 Å². The van der Waals surface area contributed by atoms with E-state index in [2.05, 4.69) is 11.5 Å². The highest BCUT2D eigenvalue weighted by Gasteiger charge is 2.33. The summed E-state index contributed by atoms with van der Waals surface area (Å²) >= 11 is 0. The first-order valence-corrected chi connectivity index (χ1v) is 10.9. The van der Waals surface area contributed by atoms with Crippen molar-refractivity contribution in [3.05, 3.63) is 59.7 Å². The lowest BCUT2D eigenvalue weighted by molar-refractivity contribution is -0.133. The number of methoxy groups -OCH3 is 3. The highest BCUT2D eigenvalue weighted by atomic mass is 16.5. The first-order valence-electron chi connectivity index (χ1n) is 10.9. The van der Waals surface area contributed by atoms with Crippen molar-refractivity contribution >= 4 is 17.5 Å². The zero-order valence-electron chi connectivity index (χ0n) is 19.3. The molecule has 0 atom stereocenters. The third kappa shape index (κ3) is 4.26. The number of rotatable bonds is 7. The van der Waals surface area contributed by atoms with Crippen molar-refractivity contribution in [2.75, 3.05) is 54.1 Å². The lowest BCUT2D eigenvalue weighted by atomic mass is 10.1. The van der Waals surface area contributed by atoms with Crippen molar-refractivity contribution in [3.8, 4) is 17.2 Å². The van der Waals surface area contributed by atoms with E-state index < -0.39 is 0 Å². The average Bonchev–Trinajstić information content (AvgIpc) is 3.09. The first-order chi connectivity index (χ1) is 16.0. The Morgan fingerprint density at radius 3 is 2.18 bits per heavy atom. The smallest absolute Gasteiger partial charge is 0.259 e. The average molecular weight is 452 g/mol. The van der Waals surface area contributed by atoms with Crippen LogP contribution in [0.1, 0.15) is 21.5 Å². The van der Waals surface area contributed by atoms with Gasteiger partial charge in [0.05, 0.1) is 21.3 Å². The molecule has 1 fully saturated rings. The highest BCUT2D eigenvalue weighted by Crippen LogP contribution is 2.40. The zero-order chi connectivity index (χ0) is 23.5. The summed E-state index contributed by atoms with van der Waals surface area (Å²) in [5, 5.41) is 0. The Morgan fingerprint density at radius 2 is 1.58 bits per heavy atom. The van der Waals surface area contributed by atoms with Gasteiger partial charge in [-0.05, 0) is 12.1 Å². The second-order valence-electron chi connectivity index (χ2n) is 8.03. The molecule has 0 aliphatic carbocycles. The van der Waals surface area contributed by atoms with Crippen molar-refractivity contribution in [1.82, 2.24) is 14.7 Å².